The molecule has 0 radical (unpaired) electrons. The monoisotopic (exact) mass is 652 g/mol. The third kappa shape index (κ3) is 8.41. The number of benzene rings is 1. The van der Waals surface area contributed by atoms with Crippen LogP contribution in [0.25, 0.3) is 11.3 Å². The molecule has 3 aromatic rings. The highest BCUT2D eigenvalue weighted by atomic mass is 35.5. The van der Waals surface area contributed by atoms with E-state index in [1.54, 1.807) is 4.90 Å². The Morgan fingerprint density at radius 3 is 2.18 bits per heavy atom. The Hall–Kier alpha value is -4.40. The number of hydrogen-bond acceptors (Lipinski definition) is 6. The molecule has 0 atom stereocenters. The van der Waals surface area contributed by atoms with Gasteiger partial charge < -0.3 is 30.2 Å². The van der Waals surface area contributed by atoms with Crippen LogP contribution >= 0.6 is 11.6 Å². The maximum atomic E-state index is 13.7. The topological polar surface area (TPSA) is 148 Å². The molecule has 0 unspecified atom stereocenters. The summed E-state index contributed by atoms with van der Waals surface area (Å²) in [5.74, 6) is -1.13. The molecule has 0 spiro atoms. The number of anilines is 1. The Balaban J connectivity index is 0.000000853. The van der Waals surface area contributed by atoms with Crippen LogP contribution in [0.4, 0.5) is 23.7 Å². The van der Waals surface area contributed by atoms with Crippen molar-refractivity contribution in [3.8, 4) is 11.3 Å². The number of carbonyl (C=O) groups is 4. The van der Waals surface area contributed by atoms with Crippen LogP contribution in [0.15, 0.2) is 30.6 Å². The van der Waals surface area contributed by atoms with Crippen molar-refractivity contribution in [2.75, 3.05) is 31.5 Å². The lowest BCUT2D eigenvalue weighted by Gasteiger charge is -2.33. The highest BCUT2D eigenvalue weighted by Crippen LogP contribution is 2.41. The molecule has 1 aliphatic carbocycles. The first-order valence-corrected chi connectivity index (χ1v) is 14.6. The highest BCUT2D eigenvalue weighted by Gasteiger charge is 2.40. The molecular weight excluding hydrogens is 617 g/mol. The van der Waals surface area contributed by atoms with Gasteiger partial charge in [0.15, 0.2) is 11.5 Å². The summed E-state index contributed by atoms with van der Waals surface area (Å²) in [5, 5.41) is 6.45. The van der Waals surface area contributed by atoms with Crippen LogP contribution in [0.2, 0.25) is 5.02 Å². The number of imidazole rings is 1. The molecule has 45 heavy (non-hydrogen) atoms. The average molecular weight is 653 g/mol. The van der Waals surface area contributed by atoms with Crippen molar-refractivity contribution in [2.45, 2.75) is 51.7 Å². The molecule has 3 N–H and O–H groups in total. The fraction of sp³-hybridized carbons (Fsp3) is 0.448. The second kappa shape index (κ2) is 15.1. The van der Waals surface area contributed by atoms with Gasteiger partial charge in [-0.05, 0) is 31.0 Å². The lowest BCUT2D eigenvalue weighted by Crippen LogP contribution is -2.52. The summed E-state index contributed by atoms with van der Waals surface area (Å²) in [6, 6.07) is 3.75. The SMILES string of the molecule is C=O.CCCC.Cn1c(-c2cn(C3CC3)nc2C(F)(F)F)cnc1C(=O)Nc1ccc(C(=O)N2CCN(C(N)=O)CC2)c(Cl)c1. The number of aromatic nitrogens is 4. The van der Waals surface area contributed by atoms with Gasteiger partial charge in [-0.15, -0.1) is 0 Å². The van der Waals surface area contributed by atoms with Gasteiger partial charge in [-0.25, -0.2) is 9.78 Å². The Morgan fingerprint density at radius 2 is 1.67 bits per heavy atom. The van der Waals surface area contributed by atoms with E-state index in [2.05, 4.69) is 29.2 Å². The van der Waals surface area contributed by atoms with Crippen molar-refractivity contribution in [2.24, 2.45) is 12.8 Å². The number of hydrogen-bond donors (Lipinski definition) is 2. The van der Waals surface area contributed by atoms with Crippen molar-refractivity contribution in [1.29, 1.82) is 0 Å². The molecule has 16 heteroatoms. The Morgan fingerprint density at radius 1 is 1.07 bits per heavy atom. The summed E-state index contributed by atoms with van der Waals surface area (Å²) < 4.78 is 43.6. The minimum Gasteiger partial charge on any atom is -0.351 e. The van der Waals surface area contributed by atoms with Gasteiger partial charge in [-0.2, -0.15) is 18.3 Å². The van der Waals surface area contributed by atoms with Gasteiger partial charge in [0.25, 0.3) is 11.8 Å². The number of primary amides is 1. The average Bonchev–Trinajstić information content (AvgIpc) is 3.65. The van der Waals surface area contributed by atoms with Gasteiger partial charge in [-0.3, -0.25) is 14.3 Å². The first-order valence-electron chi connectivity index (χ1n) is 14.3. The minimum absolute atomic E-state index is 0.0600. The van der Waals surface area contributed by atoms with E-state index in [9.17, 15) is 27.6 Å². The molecule has 2 aliphatic rings. The van der Waals surface area contributed by atoms with Crippen molar-refractivity contribution in [3.05, 3.63) is 52.7 Å². The van der Waals surface area contributed by atoms with Crippen LogP contribution in [-0.4, -0.2) is 79.9 Å². The third-order valence-corrected chi connectivity index (χ3v) is 7.54. The predicted molar refractivity (Wildman–Crippen MR) is 162 cm³/mol. The van der Waals surface area contributed by atoms with Crippen molar-refractivity contribution in [3.63, 3.8) is 0 Å². The Labute approximate surface area is 263 Å². The van der Waals surface area contributed by atoms with Crippen molar-refractivity contribution >= 4 is 41.9 Å². The van der Waals surface area contributed by atoms with E-state index >= 15 is 0 Å². The molecule has 1 aromatic carbocycles. The third-order valence-electron chi connectivity index (χ3n) is 7.22. The number of piperazine rings is 1. The Bertz CT molecular complexity index is 1510. The number of amides is 4. The van der Waals surface area contributed by atoms with Crippen LogP contribution < -0.4 is 11.1 Å². The van der Waals surface area contributed by atoms with Crippen LogP contribution in [0.3, 0.4) is 0 Å². The molecule has 12 nitrogen and oxygen atoms in total. The summed E-state index contributed by atoms with van der Waals surface area (Å²) in [5.41, 5.74) is 4.65. The lowest BCUT2D eigenvalue weighted by atomic mass is 10.1. The number of nitrogens with zero attached hydrogens (tertiary/aromatic N) is 6. The van der Waals surface area contributed by atoms with Crippen LogP contribution in [-0.2, 0) is 18.0 Å². The van der Waals surface area contributed by atoms with Gasteiger partial charge in [0.05, 0.1) is 34.1 Å². The van der Waals surface area contributed by atoms with E-state index in [0.717, 1.165) is 12.8 Å². The summed E-state index contributed by atoms with van der Waals surface area (Å²) in [7, 11) is 1.44. The fourth-order valence-electron chi connectivity index (χ4n) is 4.44. The zero-order chi connectivity index (χ0) is 33.5. The van der Waals surface area contributed by atoms with Crippen LogP contribution in [0.1, 0.15) is 72.2 Å². The first-order chi connectivity index (χ1) is 21.3. The molecule has 3 heterocycles. The second-order valence-corrected chi connectivity index (χ2v) is 10.8. The van der Waals surface area contributed by atoms with Gasteiger partial charge in [0.1, 0.15) is 6.79 Å². The number of nitrogens with two attached hydrogens (primary N) is 1. The molecule has 5 rings (SSSR count). The Kier molecular flexibility index (Phi) is 11.7. The summed E-state index contributed by atoms with van der Waals surface area (Å²) >= 11 is 6.34. The molecular formula is C29H36ClF3N8O4. The summed E-state index contributed by atoms with van der Waals surface area (Å²) in [6.07, 6.45) is 2.02. The molecule has 244 valence electrons. The second-order valence-electron chi connectivity index (χ2n) is 10.4. The molecule has 2 aromatic heterocycles. The normalized spacial score (nSPS) is 14.6. The number of nitrogens with one attached hydrogen (secondary N) is 1. The fourth-order valence-corrected chi connectivity index (χ4v) is 4.70. The highest BCUT2D eigenvalue weighted by molar-refractivity contribution is 6.34. The van der Waals surface area contributed by atoms with Crippen molar-refractivity contribution in [1.82, 2.24) is 29.1 Å². The smallest absolute Gasteiger partial charge is 0.351 e. The van der Waals surface area contributed by atoms with E-state index < -0.39 is 23.8 Å². The van der Waals surface area contributed by atoms with E-state index in [1.165, 1.54) is 64.6 Å². The van der Waals surface area contributed by atoms with Crippen molar-refractivity contribution < 1.29 is 32.3 Å². The molecule has 2 fully saturated rings. The maximum Gasteiger partial charge on any atom is 0.435 e. The van der Waals surface area contributed by atoms with E-state index in [1.807, 2.05) is 6.79 Å². The number of urea groups is 1. The van der Waals surface area contributed by atoms with Crippen LogP contribution in [0.5, 0.6) is 0 Å². The lowest BCUT2D eigenvalue weighted by molar-refractivity contribution is -0.141. The van der Waals surface area contributed by atoms with Gasteiger partial charge in [-0.1, -0.05) is 38.3 Å². The number of alkyl halides is 3. The van der Waals surface area contributed by atoms with E-state index in [0.29, 0.717) is 26.2 Å². The molecule has 1 saturated heterocycles. The number of halogens is 4. The van der Waals surface area contributed by atoms with Gasteiger partial charge in [0.2, 0.25) is 0 Å². The minimum atomic E-state index is -4.67. The van der Waals surface area contributed by atoms with Crippen LogP contribution in [0, 0.1) is 0 Å². The summed E-state index contributed by atoms with van der Waals surface area (Å²) in [4.78, 5) is 52.2. The van der Waals surface area contributed by atoms with Gasteiger partial charge >= 0.3 is 12.2 Å². The number of carbonyl (C=O) groups excluding carboxylic acids is 4. The largest absolute Gasteiger partial charge is 0.435 e. The van der Waals surface area contributed by atoms with Gasteiger partial charge in [0, 0.05) is 45.1 Å². The first kappa shape index (κ1) is 35.1. The summed E-state index contributed by atoms with van der Waals surface area (Å²) in [6.45, 7) is 7.58. The number of rotatable bonds is 6. The molecule has 1 aliphatic heterocycles. The molecule has 0 bridgehead atoms. The quantitative estimate of drug-likeness (QED) is 0.383. The zero-order valence-corrected chi connectivity index (χ0v) is 26.0. The molecule has 1 saturated carbocycles. The zero-order valence-electron chi connectivity index (χ0n) is 25.2. The van der Waals surface area contributed by atoms with E-state index in [4.69, 9.17) is 22.1 Å². The molecule has 4 amide bonds. The standard InChI is InChI=1S/C24H24ClF3N8O3.C4H10.CH2O/c1-33-18(16-12-36(14-3-4-14)32-19(16)24(26,27)28)11-30-20(33)21(37)31-13-2-5-15(17(25)10-13)22(38)34-6-8-35(9-7-34)23(29)39;1-3-4-2;1-2/h2,5,10-12,14H,3-4,6-9H2,1H3,(H2,29,39)(H,31,37);3-4H2,1-2H3;1H2. The number of unbranched alkanes of at least 4 members (excludes halogenated alkanes) is 1. The van der Waals surface area contributed by atoms with E-state index in [-0.39, 0.29) is 45.3 Å². The predicted octanol–water partition coefficient (Wildman–Crippen LogP) is 5.00. The maximum absolute atomic E-state index is 13.7.